The first-order valence-corrected chi connectivity index (χ1v) is 4.28. The van der Waals surface area contributed by atoms with Crippen molar-refractivity contribution in [1.82, 2.24) is 5.43 Å². The first-order chi connectivity index (χ1) is 4.70. The Hall–Kier alpha value is 0.220. The molecule has 0 aliphatic carbocycles. The predicted molar refractivity (Wildman–Crippen MR) is 47.3 cm³/mol. The van der Waals surface area contributed by atoms with E-state index in [9.17, 15) is 0 Å². The van der Waals surface area contributed by atoms with Crippen molar-refractivity contribution in [1.29, 1.82) is 0 Å². The molecule has 0 spiro atoms. The first-order valence-electron chi connectivity index (χ1n) is 3.06. The maximum Gasteiger partial charge on any atom is 0.328 e. The molecule has 0 aromatic heterocycles. The van der Waals surface area contributed by atoms with E-state index in [0.29, 0.717) is 0 Å². The monoisotopic (exact) mass is 287 g/mol. The molecule has 0 radical (unpaired) electrons. The van der Waals surface area contributed by atoms with Gasteiger partial charge in [-0.15, -0.1) is 5.43 Å². The minimum Gasteiger partial charge on any atom is -1.00 e. The third-order valence-electron chi connectivity index (χ3n) is 0.812. The molecule has 0 aliphatic heterocycles. The number of hydrogen-bond acceptors (Lipinski definition) is 2. The maximum absolute atomic E-state index is 4.01. The van der Waals surface area contributed by atoms with E-state index < -0.39 is 0 Å². The van der Waals surface area contributed by atoms with Crippen LogP contribution >= 0.6 is 11.8 Å². The van der Waals surface area contributed by atoms with E-state index in [-0.39, 0.29) is 24.0 Å². The Morgan fingerprint density at radius 2 is 2.00 bits per heavy atom. The summed E-state index contributed by atoms with van der Waals surface area (Å²) in [6, 6.07) is 0. The fourth-order valence-corrected chi connectivity index (χ4v) is 0.707. The van der Waals surface area contributed by atoms with Crippen LogP contribution in [-0.4, -0.2) is 24.2 Å². The summed E-state index contributed by atoms with van der Waals surface area (Å²) in [4.78, 5) is 2.97. The SMILES string of the molecule is C[NH+]=C(NN=C(C)C)SC.[I-]. The van der Waals surface area contributed by atoms with Crippen LogP contribution in [0, 0.1) is 0 Å². The minimum absolute atomic E-state index is 0. The van der Waals surface area contributed by atoms with Crippen LogP contribution in [0.3, 0.4) is 0 Å². The summed E-state index contributed by atoms with van der Waals surface area (Å²) in [6.45, 7) is 3.89. The van der Waals surface area contributed by atoms with Crippen LogP contribution in [0.2, 0.25) is 0 Å². The quantitative estimate of drug-likeness (QED) is 0.226. The Kier molecular flexibility index (Phi) is 10.4. The molecular weight excluding hydrogens is 273 g/mol. The highest BCUT2D eigenvalue weighted by Gasteiger charge is 1.98. The highest BCUT2D eigenvalue weighted by atomic mass is 127. The lowest BCUT2D eigenvalue weighted by molar-refractivity contribution is -0.418. The van der Waals surface area contributed by atoms with E-state index in [1.165, 1.54) is 0 Å². The van der Waals surface area contributed by atoms with Gasteiger partial charge in [0.25, 0.3) is 0 Å². The second kappa shape index (κ2) is 8.32. The molecule has 0 unspecified atom stereocenters. The number of amidine groups is 1. The molecule has 0 saturated carbocycles. The van der Waals surface area contributed by atoms with Crippen molar-refractivity contribution in [2.24, 2.45) is 5.10 Å². The summed E-state index contributed by atoms with van der Waals surface area (Å²) >= 11 is 1.60. The molecule has 66 valence electrons. The Labute approximate surface area is 89.1 Å². The van der Waals surface area contributed by atoms with Gasteiger partial charge in [-0.25, -0.2) is 0 Å². The van der Waals surface area contributed by atoms with Gasteiger partial charge in [0.1, 0.15) is 0 Å². The van der Waals surface area contributed by atoms with E-state index in [4.69, 9.17) is 0 Å². The normalized spacial score (nSPS) is 10.0. The van der Waals surface area contributed by atoms with Gasteiger partial charge in [0, 0.05) is 0 Å². The van der Waals surface area contributed by atoms with Crippen molar-refractivity contribution in [3.8, 4) is 0 Å². The number of thioether (sulfide) groups is 1. The van der Waals surface area contributed by atoms with Crippen LogP contribution in [0.25, 0.3) is 0 Å². The molecule has 0 fully saturated rings. The van der Waals surface area contributed by atoms with Gasteiger partial charge in [-0.3, -0.25) is 4.99 Å². The van der Waals surface area contributed by atoms with Crippen molar-refractivity contribution in [2.45, 2.75) is 13.8 Å². The number of nitrogens with zero attached hydrogens (tertiary/aromatic N) is 1. The molecule has 0 amide bonds. The number of hydrazone groups is 1. The van der Waals surface area contributed by atoms with Gasteiger partial charge in [0.15, 0.2) is 0 Å². The van der Waals surface area contributed by atoms with Crippen LogP contribution in [0.1, 0.15) is 13.8 Å². The van der Waals surface area contributed by atoms with Crippen molar-refractivity contribution in [2.75, 3.05) is 13.3 Å². The van der Waals surface area contributed by atoms with Gasteiger partial charge >= 0.3 is 5.17 Å². The van der Waals surface area contributed by atoms with Crippen LogP contribution in [0.4, 0.5) is 0 Å². The summed E-state index contributed by atoms with van der Waals surface area (Å²) in [5.74, 6) is 0. The summed E-state index contributed by atoms with van der Waals surface area (Å²) in [7, 11) is 1.86. The van der Waals surface area contributed by atoms with Gasteiger partial charge in [-0.2, -0.15) is 0 Å². The molecule has 3 nitrogen and oxygen atoms in total. The molecule has 0 atom stereocenters. The largest absolute Gasteiger partial charge is 1.00 e. The van der Waals surface area contributed by atoms with E-state index >= 15 is 0 Å². The van der Waals surface area contributed by atoms with E-state index in [1.54, 1.807) is 11.8 Å². The van der Waals surface area contributed by atoms with Gasteiger partial charge in [-0.05, 0) is 31.9 Å². The standard InChI is InChI=1S/C6H13N3S.HI/c1-5(2)8-9-6(7-3)10-4;/h1-4H3,(H,7,9);1H. The van der Waals surface area contributed by atoms with Gasteiger partial charge in [-0.1, -0.05) is 5.10 Å². The molecule has 0 bridgehead atoms. The van der Waals surface area contributed by atoms with Gasteiger partial charge in [0.2, 0.25) is 0 Å². The van der Waals surface area contributed by atoms with Crippen LogP contribution < -0.4 is 34.4 Å². The fourth-order valence-electron chi connectivity index (χ4n) is 0.366. The summed E-state index contributed by atoms with van der Waals surface area (Å²) in [6.07, 6.45) is 1.99. The molecule has 0 aliphatic rings. The number of halogens is 1. The van der Waals surface area contributed by atoms with Crippen molar-refractivity contribution in [3.05, 3.63) is 0 Å². The van der Waals surface area contributed by atoms with E-state index in [0.717, 1.165) is 10.9 Å². The molecule has 0 saturated heterocycles. The predicted octanol–water partition coefficient (Wildman–Crippen LogP) is -3.59. The van der Waals surface area contributed by atoms with Gasteiger partial charge < -0.3 is 24.0 Å². The van der Waals surface area contributed by atoms with Crippen LogP contribution in [0.5, 0.6) is 0 Å². The minimum atomic E-state index is 0. The molecule has 5 heteroatoms. The van der Waals surface area contributed by atoms with Crippen LogP contribution in [-0.2, 0) is 0 Å². The zero-order valence-electron chi connectivity index (χ0n) is 7.23. The lowest BCUT2D eigenvalue weighted by Crippen LogP contribution is -3.00. The average molecular weight is 287 g/mol. The third-order valence-corrected chi connectivity index (χ3v) is 1.52. The summed E-state index contributed by atoms with van der Waals surface area (Å²) in [5, 5.41) is 4.97. The second-order valence-electron chi connectivity index (χ2n) is 1.95. The van der Waals surface area contributed by atoms with Gasteiger partial charge in [0.05, 0.1) is 12.8 Å². The summed E-state index contributed by atoms with van der Waals surface area (Å²) in [5.41, 5.74) is 3.89. The topological polar surface area (TPSA) is 38.4 Å². The molecular formula is C6H14IN3S. The lowest BCUT2D eigenvalue weighted by Gasteiger charge is -1.90. The molecule has 11 heavy (non-hydrogen) atoms. The molecule has 0 aromatic rings. The smallest absolute Gasteiger partial charge is 0.328 e. The zero-order chi connectivity index (χ0) is 7.98. The van der Waals surface area contributed by atoms with E-state index in [1.807, 2.05) is 27.2 Å². The average Bonchev–Trinajstić information content (AvgIpc) is 1.90. The molecule has 2 N–H and O–H groups in total. The molecule has 0 rings (SSSR count). The highest BCUT2D eigenvalue weighted by molar-refractivity contribution is 8.12. The summed E-state index contributed by atoms with van der Waals surface area (Å²) < 4.78 is 0. The lowest BCUT2D eigenvalue weighted by atomic mass is 10.5. The second-order valence-corrected chi connectivity index (χ2v) is 2.77. The zero-order valence-corrected chi connectivity index (χ0v) is 10.2. The van der Waals surface area contributed by atoms with Crippen molar-refractivity contribution >= 4 is 22.6 Å². The van der Waals surface area contributed by atoms with Crippen molar-refractivity contribution in [3.63, 3.8) is 0 Å². The number of hydrogen-bond donors (Lipinski definition) is 2. The fraction of sp³-hybridized carbons (Fsp3) is 0.667. The first kappa shape index (κ1) is 13.8. The molecule has 0 heterocycles. The third kappa shape index (κ3) is 8.12. The van der Waals surface area contributed by atoms with E-state index in [2.05, 4.69) is 15.5 Å². The van der Waals surface area contributed by atoms with Crippen LogP contribution in [0.15, 0.2) is 5.10 Å². The number of rotatable bonds is 1. The number of nitrogens with one attached hydrogen (secondary N) is 2. The Bertz CT molecular complexity index is 152. The maximum atomic E-state index is 4.01. The Morgan fingerprint density at radius 3 is 2.27 bits per heavy atom. The highest BCUT2D eigenvalue weighted by Crippen LogP contribution is 1.86. The van der Waals surface area contributed by atoms with Crippen molar-refractivity contribution < 1.29 is 29.0 Å². The Balaban J connectivity index is 0. The Morgan fingerprint density at radius 1 is 1.45 bits per heavy atom. The molecule has 0 aromatic carbocycles.